The summed E-state index contributed by atoms with van der Waals surface area (Å²) in [5.74, 6) is -0.697. The van der Waals surface area contributed by atoms with Crippen LogP contribution < -0.4 is 10.1 Å². The molecule has 2 aromatic rings. The van der Waals surface area contributed by atoms with Gasteiger partial charge in [0.2, 0.25) is 5.91 Å². The molecule has 9 nitrogen and oxygen atoms in total. The molecule has 0 aliphatic carbocycles. The lowest BCUT2D eigenvalue weighted by Crippen LogP contribution is -2.49. The molecule has 0 aromatic heterocycles. The van der Waals surface area contributed by atoms with Crippen molar-refractivity contribution in [3.63, 3.8) is 0 Å². The smallest absolute Gasteiger partial charge is 0.323 e. The monoisotopic (exact) mass is 399 g/mol. The number of nitrogens with one attached hydrogen (secondary N) is 1. The number of nitro groups is 1. The number of ether oxygens (including phenoxy) is 2. The number of hydrogen-bond acceptors (Lipinski definition) is 7. The summed E-state index contributed by atoms with van der Waals surface area (Å²) >= 11 is 0. The summed E-state index contributed by atoms with van der Waals surface area (Å²) in [4.78, 5) is 37.1. The number of nitro benzene ring substituents is 1. The molecular weight excluding hydrogens is 378 g/mol. The summed E-state index contributed by atoms with van der Waals surface area (Å²) in [6.45, 7) is 1.33. The SMILES string of the molecule is COc1cc([N+](=O)[O-])ccc1NC(=O)CC1C(=O)OCCN1Cc1ccccc1. The van der Waals surface area contributed by atoms with Crippen molar-refractivity contribution in [2.24, 2.45) is 0 Å². The molecule has 1 N–H and O–H groups in total. The number of nitrogens with zero attached hydrogens (tertiary/aromatic N) is 2. The van der Waals surface area contributed by atoms with E-state index in [1.165, 1.54) is 25.3 Å². The van der Waals surface area contributed by atoms with Gasteiger partial charge in [-0.05, 0) is 11.6 Å². The Morgan fingerprint density at radius 2 is 2.07 bits per heavy atom. The molecule has 2 aromatic carbocycles. The van der Waals surface area contributed by atoms with Crippen LogP contribution in [0.15, 0.2) is 48.5 Å². The molecule has 1 atom stereocenters. The van der Waals surface area contributed by atoms with Gasteiger partial charge in [-0.25, -0.2) is 0 Å². The van der Waals surface area contributed by atoms with Gasteiger partial charge in [0.1, 0.15) is 18.4 Å². The van der Waals surface area contributed by atoms with Gasteiger partial charge in [0.15, 0.2) is 0 Å². The standard InChI is InChI=1S/C20H21N3O6/c1-28-18-11-15(23(26)27)7-8-16(18)21-19(24)12-17-20(25)29-10-9-22(17)13-14-5-3-2-4-6-14/h2-8,11,17H,9-10,12-13H2,1H3,(H,21,24). The topological polar surface area (TPSA) is 111 Å². The van der Waals surface area contributed by atoms with Gasteiger partial charge in [-0.3, -0.25) is 24.6 Å². The minimum atomic E-state index is -0.715. The minimum Gasteiger partial charge on any atom is -0.494 e. The molecule has 9 heteroatoms. The molecule has 0 radical (unpaired) electrons. The van der Waals surface area contributed by atoms with E-state index in [-0.39, 0.29) is 24.5 Å². The van der Waals surface area contributed by atoms with E-state index in [2.05, 4.69) is 5.32 Å². The van der Waals surface area contributed by atoms with E-state index in [0.717, 1.165) is 5.56 Å². The van der Waals surface area contributed by atoms with E-state index in [0.29, 0.717) is 18.8 Å². The second-order valence-electron chi connectivity index (χ2n) is 6.53. The maximum Gasteiger partial charge on any atom is 0.323 e. The quantitative estimate of drug-likeness (QED) is 0.432. The maximum absolute atomic E-state index is 12.6. The largest absolute Gasteiger partial charge is 0.494 e. The van der Waals surface area contributed by atoms with Crippen LogP contribution in [0.2, 0.25) is 0 Å². The second-order valence-corrected chi connectivity index (χ2v) is 6.53. The lowest BCUT2D eigenvalue weighted by Gasteiger charge is -2.33. The number of benzene rings is 2. The fourth-order valence-corrected chi connectivity index (χ4v) is 3.16. The van der Waals surface area contributed by atoms with Crippen molar-refractivity contribution in [3.05, 3.63) is 64.2 Å². The van der Waals surface area contributed by atoms with Crippen molar-refractivity contribution in [2.75, 3.05) is 25.6 Å². The van der Waals surface area contributed by atoms with Crippen LogP contribution in [-0.2, 0) is 20.9 Å². The van der Waals surface area contributed by atoms with Crippen LogP contribution in [0.3, 0.4) is 0 Å². The molecular formula is C20H21N3O6. The number of non-ortho nitro benzene ring substituents is 1. The van der Waals surface area contributed by atoms with Crippen molar-refractivity contribution in [1.29, 1.82) is 0 Å². The van der Waals surface area contributed by atoms with Crippen molar-refractivity contribution in [3.8, 4) is 5.75 Å². The lowest BCUT2D eigenvalue weighted by atomic mass is 10.1. The van der Waals surface area contributed by atoms with Crippen LogP contribution >= 0.6 is 0 Å². The number of esters is 1. The second kappa shape index (κ2) is 9.16. The molecule has 29 heavy (non-hydrogen) atoms. The van der Waals surface area contributed by atoms with Crippen molar-refractivity contribution in [2.45, 2.75) is 19.0 Å². The predicted octanol–water partition coefficient (Wildman–Crippen LogP) is 2.36. The van der Waals surface area contributed by atoms with E-state index < -0.39 is 22.8 Å². The van der Waals surface area contributed by atoms with Gasteiger partial charge in [0.25, 0.3) is 5.69 Å². The van der Waals surface area contributed by atoms with E-state index in [1.54, 1.807) is 0 Å². The molecule has 0 saturated carbocycles. The van der Waals surface area contributed by atoms with Gasteiger partial charge in [0.05, 0.1) is 30.2 Å². The number of methoxy groups -OCH3 is 1. The average molecular weight is 399 g/mol. The summed E-state index contributed by atoms with van der Waals surface area (Å²) in [7, 11) is 1.36. The highest BCUT2D eigenvalue weighted by atomic mass is 16.6. The zero-order valence-electron chi connectivity index (χ0n) is 15.9. The number of rotatable bonds is 7. The first-order chi connectivity index (χ1) is 14.0. The third-order valence-electron chi connectivity index (χ3n) is 4.61. The van der Waals surface area contributed by atoms with Crippen LogP contribution in [0.25, 0.3) is 0 Å². The first-order valence-electron chi connectivity index (χ1n) is 9.05. The molecule has 0 spiro atoms. The van der Waals surface area contributed by atoms with Crippen LogP contribution in [-0.4, -0.2) is 48.0 Å². The highest BCUT2D eigenvalue weighted by molar-refractivity contribution is 5.95. The Kier molecular flexibility index (Phi) is 6.40. The van der Waals surface area contributed by atoms with E-state index in [1.807, 2.05) is 35.2 Å². The molecule has 1 heterocycles. The summed E-state index contributed by atoms with van der Waals surface area (Å²) in [6.07, 6.45) is -0.105. The van der Waals surface area contributed by atoms with Gasteiger partial charge in [-0.2, -0.15) is 0 Å². The Morgan fingerprint density at radius 1 is 1.31 bits per heavy atom. The van der Waals surface area contributed by atoms with Crippen molar-refractivity contribution < 1.29 is 24.0 Å². The van der Waals surface area contributed by atoms with Gasteiger partial charge in [0, 0.05) is 19.2 Å². The Labute approximate surface area is 167 Å². The van der Waals surface area contributed by atoms with Crippen LogP contribution in [0.4, 0.5) is 11.4 Å². The predicted molar refractivity (Wildman–Crippen MR) is 104 cm³/mol. The van der Waals surface area contributed by atoms with Crippen molar-refractivity contribution >= 4 is 23.3 Å². The number of morpholine rings is 1. The third kappa shape index (κ3) is 5.08. The third-order valence-corrected chi connectivity index (χ3v) is 4.61. The van der Waals surface area contributed by atoms with Gasteiger partial charge < -0.3 is 14.8 Å². The van der Waals surface area contributed by atoms with Gasteiger partial charge >= 0.3 is 5.97 Å². The normalized spacial score (nSPS) is 16.7. The fraction of sp³-hybridized carbons (Fsp3) is 0.300. The van der Waals surface area contributed by atoms with E-state index >= 15 is 0 Å². The molecule has 1 aliphatic rings. The lowest BCUT2D eigenvalue weighted by molar-refractivity contribution is -0.384. The fourth-order valence-electron chi connectivity index (χ4n) is 3.16. The molecule has 1 unspecified atom stereocenters. The zero-order chi connectivity index (χ0) is 20.8. The average Bonchev–Trinajstić information content (AvgIpc) is 2.71. The van der Waals surface area contributed by atoms with Crippen LogP contribution in [0.5, 0.6) is 5.75 Å². The molecule has 152 valence electrons. The number of hydrogen-bond donors (Lipinski definition) is 1. The Hall–Kier alpha value is -3.46. The highest BCUT2D eigenvalue weighted by Crippen LogP contribution is 2.29. The Morgan fingerprint density at radius 3 is 2.76 bits per heavy atom. The number of carbonyl (C=O) groups excluding carboxylic acids is 2. The Balaban J connectivity index is 1.70. The molecule has 1 fully saturated rings. The first kappa shape index (κ1) is 20.3. The van der Waals surface area contributed by atoms with Crippen LogP contribution in [0, 0.1) is 10.1 Å². The molecule has 1 saturated heterocycles. The van der Waals surface area contributed by atoms with E-state index in [9.17, 15) is 19.7 Å². The minimum absolute atomic E-state index is 0.105. The number of carbonyl (C=O) groups is 2. The summed E-state index contributed by atoms with van der Waals surface area (Å²) in [5.41, 5.74) is 1.18. The Bertz CT molecular complexity index is 902. The molecule has 0 bridgehead atoms. The summed E-state index contributed by atoms with van der Waals surface area (Å²) in [5, 5.41) is 13.6. The number of anilines is 1. The summed E-state index contributed by atoms with van der Waals surface area (Å²) in [6, 6.07) is 12.8. The van der Waals surface area contributed by atoms with Crippen molar-refractivity contribution in [1.82, 2.24) is 4.90 Å². The summed E-state index contributed by atoms with van der Waals surface area (Å²) < 4.78 is 10.3. The number of cyclic esters (lactones) is 1. The van der Waals surface area contributed by atoms with E-state index in [4.69, 9.17) is 9.47 Å². The molecule has 1 aliphatic heterocycles. The maximum atomic E-state index is 12.6. The van der Waals surface area contributed by atoms with Gasteiger partial charge in [-0.1, -0.05) is 30.3 Å². The molecule has 3 rings (SSSR count). The van der Waals surface area contributed by atoms with Crippen LogP contribution in [0.1, 0.15) is 12.0 Å². The van der Waals surface area contributed by atoms with Gasteiger partial charge in [-0.15, -0.1) is 0 Å². The molecule has 1 amide bonds. The zero-order valence-corrected chi connectivity index (χ0v) is 15.9. The number of amides is 1. The first-order valence-corrected chi connectivity index (χ1v) is 9.05. The highest BCUT2D eigenvalue weighted by Gasteiger charge is 2.33.